The van der Waals surface area contributed by atoms with Gasteiger partial charge in [-0.1, -0.05) is 26.0 Å². The first-order valence-electron chi connectivity index (χ1n) is 7.55. The quantitative estimate of drug-likeness (QED) is 0.905. The molecule has 5 heteroatoms. The van der Waals surface area contributed by atoms with Gasteiger partial charge in [0.1, 0.15) is 12.0 Å². The third kappa shape index (κ3) is 3.67. The number of hydrazine groups is 1. The zero-order valence-corrected chi connectivity index (χ0v) is 12.6. The van der Waals surface area contributed by atoms with Gasteiger partial charge in [0.2, 0.25) is 0 Å². The molecular formula is C16H23FN2O2. The van der Waals surface area contributed by atoms with Gasteiger partial charge in [-0.3, -0.25) is 4.79 Å². The number of Topliss-reactive ketones (excluding diaryl/α,β-unsaturated/α-hetero) is 1. The maximum atomic E-state index is 13.3. The Morgan fingerprint density at radius 2 is 2.10 bits per heavy atom. The van der Waals surface area contributed by atoms with Crippen LogP contribution in [0, 0.1) is 5.82 Å². The standard InChI is InChI=1S/C16H23FN2O2/c1-3-8-18-14(4-2)15(20)10-16(21)19(18)11-12-6-5-7-13(17)9-12/h5-7,9,14,16,21H,3-4,8,10-11H2,1-2H3. The van der Waals surface area contributed by atoms with Gasteiger partial charge in [0.15, 0.2) is 5.78 Å². The number of carbonyl (C=O) groups is 1. The Bertz CT molecular complexity index is 495. The lowest BCUT2D eigenvalue weighted by Gasteiger charge is -2.46. The summed E-state index contributed by atoms with van der Waals surface area (Å²) in [6.45, 7) is 5.13. The van der Waals surface area contributed by atoms with Gasteiger partial charge in [-0.2, -0.15) is 0 Å². The maximum absolute atomic E-state index is 13.3. The SMILES string of the molecule is CCCN1C(CC)C(=O)CC(O)N1Cc1cccc(F)c1. The van der Waals surface area contributed by atoms with E-state index in [1.807, 2.05) is 24.9 Å². The number of aliphatic hydroxyl groups is 1. The third-order valence-corrected chi connectivity index (χ3v) is 3.86. The molecule has 0 aromatic heterocycles. The fourth-order valence-electron chi connectivity index (χ4n) is 2.91. The van der Waals surface area contributed by atoms with Crippen molar-refractivity contribution in [3.63, 3.8) is 0 Å². The van der Waals surface area contributed by atoms with E-state index in [1.165, 1.54) is 12.1 Å². The molecule has 2 rings (SSSR count). The van der Waals surface area contributed by atoms with Gasteiger partial charge in [-0.15, -0.1) is 0 Å². The van der Waals surface area contributed by atoms with Crippen molar-refractivity contribution in [1.29, 1.82) is 0 Å². The average Bonchev–Trinajstić information content (AvgIpc) is 2.43. The van der Waals surface area contributed by atoms with Crippen LogP contribution >= 0.6 is 0 Å². The number of ketones is 1. The highest BCUT2D eigenvalue weighted by Gasteiger charge is 2.38. The number of halogens is 1. The van der Waals surface area contributed by atoms with E-state index in [9.17, 15) is 14.3 Å². The monoisotopic (exact) mass is 294 g/mol. The Kier molecular flexibility index (Phi) is 5.45. The predicted octanol–water partition coefficient (Wildman–Crippen LogP) is 2.32. The molecule has 0 spiro atoms. The maximum Gasteiger partial charge on any atom is 0.155 e. The number of hydrogen-bond donors (Lipinski definition) is 1. The van der Waals surface area contributed by atoms with E-state index in [1.54, 1.807) is 11.1 Å². The molecule has 4 nitrogen and oxygen atoms in total. The van der Waals surface area contributed by atoms with Gasteiger partial charge < -0.3 is 5.11 Å². The molecule has 21 heavy (non-hydrogen) atoms. The van der Waals surface area contributed by atoms with Crippen molar-refractivity contribution in [2.24, 2.45) is 0 Å². The summed E-state index contributed by atoms with van der Waals surface area (Å²) in [6.07, 6.45) is 0.894. The Morgan fingerprint density at radius 3 is 2.71 bits per heavy atom. The number of nitrogens with zero attached hydrogens (tertiary/aromatic N) is 2. The lowest BCUT2D eigenvalue weighted by molar-refractivity contribution is -0.198. The van der Waals surface area contributed by atoms with E-state index in [2.05, 4.69) is 0 Å². The van der Waals surface area contributed by atoms with Crippen molar-refractivity contribution < 1.29 is 14.3 Å². The molecule has 2 unspecified atom stereocenters. The minimum Gasteiger partial charge on any atom is -0.377 e. The zero-order chi connectivity index (χ0) is 15.4. The first kappa shape index (κ1) is 16.1. The van der Waals surface area contributed by atoms with Gasteiger partial charge in [-0.05, 0) is 30.5 Å². The van der Waals surface area contributed by atoms with Crippen molar-refractivity contribution in [1.82, 2.24) is 10.0 Å². The van der Waals surface area contributed by atoms with Gasteiger partial charge in [-0.25, -0.2) is 14.4 Å². The van der Waals surface area contributed by atoms with E-state index in [0.29, 0.717) is 19.5 Å². The minimum absolute atomic E-state index is 0.0777. The number of rotatable bonds is 5. The minimum atomic E-state index is -0.838. The molecule has 1 N–H and O–H groups in total. The number of benzene rings is 1. The second-order valence-electron chi connectivity index (χ2n) is 5.47. The molecule has 1 aromatic carbocycles. The summed E-state index contributed by atoms with van der Waals surface area (Å²) < 4.78 is 13.3. The van der Waals surface area contributed by atoms with Crippen LogP contribution in [0.3, 0.4) is 0 Å². The van der Waals surface area contributed by atoms with Crippen LogP contribution in [0.25, 0.3) is 0 Å². The predicted molar refractivity (Wildman–Crippen MR) is 78.6 cm³/mol. The summed E-state index contributed by atoms with van der Waals surface area (Å²) in [5, 5.41) is 14.0. The molecule has 2 atom stereocenters. The van der Waals surface area contributed by atoms with E-state index < -0.39 is 6.23 Å². The smallest absolute Gasteiger partial charge is 0.155 e. The Labute approximate surface area is 125 Å². The summed E-state index contributed by atoms with van der Waals surface area (Å²) in [5.41, 5.74) is 0.791. The van der Waals surface area contributed by atoms with Crippen molar-refractivity contribution in [2.45, 2.75) is 51.9 Å². The van der Waals surface area contributed by atoms with Crippen molar-refractivity contribution >= 4 is 5.78 Å². The van der Waals surface area contributed by atoms with Crippen LogP contribution in [-0.2, 0) is 11.3 Å². The lowest BCUT2D eigenvalue weighted by atomic mass is 10.0. The number of hydrogen-bond acceptors (Lipinski definition) is 4. The van der Waals surface area contributed by atoms with Gasteiger partial charge >= 0.3 is 0 Å². The molecule has 1 aromatic rings. The summed E-state index contributed by atoms with van der Waals surface area (Å²) in [7, 11) is 0. The van der Waals surface area contributed by atoms with Crippen molar-refractivity contribution in [3.05, 3.63) is 35.6 Å². The molecule has 0 amide bonds. The molecule has 116 valence electrons. The molecule has 0 aliphatic carbocycles. The van der Waals surface area contributed by atoms with Gasteiger partial charge in [0, 0.05) is 19.5 Å². The Morgan fingerprint density at radius 1 is 1.33 bits per heavy atom. The van der Waals surface area contributed by atoms with Crippen LogP contribution in [0.2, 0.25) is 0 Å². The Balaban J connectivity index is 2.22. The fraction of sp³-hybridized carbons (Fsp3) is 0.562. The molecule has 1 saturated heterocycles. The molecule has 1 aliphatic heterocycles. The van der Waals surface area contributed by atoms with Gasteiger partial charge in [0.25, 0.3) is 0 Å². The first-order chi connectivity index (χ1) is 10.1. The second-order valence-corrected chi connectivity index (χ2v) is 5.47. The van der Waals surface area contributed by atoms with Crippen LogP contribution in [0.4, 0.5) is 4.39 Å². The highest BCUT2D eigenvalue weighted by Crippen LogP contribution is 2.24. The van der Waals surface area contributed by atoms with Gasteiger partial charge in [0.05, 0.1) is 6.04 Å². The molecular weight excluding hydrogens is 271 g/mol. The first-order valence-corrected chi connectivity index (χ1v) is 7.55. The zero-order valence-electron chi connectivity index (χ0n) is 12.6. The summed E-state index contributed by atoms with van der Waals surface area (Å²) in [4.78, 5) is 12.1. The van der Waals surface area contributed by atoms with Crippen molar-refractivity contribution in [3.8, 4) is 0 Å². The van der Waals surface area contributed by atoms with E-state index in [4.69, 9.17) is 0 Å². The van der Waals surface area contributed by atoms with Crippen molar-refractivity contribution in [2.75, 3.05) is 6.54 Å². The van der Waals surface area contributed by atoms with Crippen LogP contribution < -0.4 is 0 Å². The molecule has 1 fully saturated rings. The number of aliphatic hydroxyl groups excluding tert-OH is 1. The van der Waals surface area contributed by atoms with E-state index >= 15 is 0 Å². The molecule has 1 aliphatic rings. The third-order valence-electron chi connectivity index (χ3n) is 3.86. The average molecular weight is 294 g/mol. The van der Waals surface area contributed by atoms with Crippen LogP contribution in [-0.4, -0.2) is 39.7 Å². The molecule has 0 radical (unpaired) electrons. The van der Waals surface area contributed by atoms with Crippen LogP contribution in [0.1, 0.15) is 38.7 Å². The summed E-state index contributed by atoms with van der Waals surface area (Å²) in [6, 6.07) is 6.17. The number of carbonyl (C=O) groups excluding carboxylic acids is 1. The van der Waals surface area contributed by atoms with Crippen LogP contribution in [0.5, 0.6) is 0 Å². The highest BCUT2D eigenvalue weighted by molar-refractivity contribution is 5.84. The molecule has 0 saturated carbocycles. The normalized spacial score (nSPS) is 24.5. The Hall–Kier alpha value is -1.30. The highest BCUT2D eigenvalue weighted by atomic mass is 19.1. The largest absolute Gasteiger partial charge is 0.377 e. The second kappa shape index (κ2) is 7.11. The van der Waals surface area contributed by atoms with Crippen LogP contribution in [0.15, 0.2) is 24.3 Å². The summed E-state index contributed by atoms with van der Waals surface area (Å²) in [5.74, 6) is -0.210. The fourth-order valence-corrected chi connectivity index (χ4v) is 2.91. The van der Waals surface area contributed by atoms with E-state index in [-0.39, 0.29) is 24.1 Å². The van der Waals surface area contributed by atoms with E-state index in [0.717, 1.165) is 12.0 Å². The lowest BCUT2D eigenvalue weighted by Crippen LogP contribution is -2.60. The molecule has 1 heterocycles. The molecule has 0 bridgehead atoms. The summed E-state index contributed by atoms with van der Waals surface area (Å²) >= 11 is 0. The topological polar surface area (TPSA) is 43.8 Å².